The van der Waals surface area contributed by atoms with Gasteiger partial charge in [-0.05, 0) is 54.4 Å². The largest absolute Gasteiger partial charge is 0.352 e. The highest BCUT2D eigenvalue weighted by atomic mass is 19.1. The normalized spacial score (nSPS) is 59.5. The molecule has 142 valence electrons. The lowest BCUT2D eigenvalue weighted by molar-refractivity contribution is -0.147. The molecule has 0 bridgehead atoms. The first kappa shape index (κ1) is 17.1. The van der Waals surface area contributed by atoms with Gasteiger partial charge in [-0.25, -0.2) is 4.39 Å². The van der Waals surface area contributed by atoms with Crippen molar-refractivity contribution in [3.8, 4) is 0 Å². The Hall–Kier alpha value is -1.03. The summed E-state index contributed by atoms with van der Waals surface area (Å²) in [5.41, 5.74) is -0.509. The lowest BCUT2D eigenvalue weighted by atomic mass is 9.40. The molecular formula is C22H29FO3. The first-order valence-electron chi connectivity index (χ1n) is 10.3. The van der Waals surface area contributed by atoms with Gasteiger partial charge in [0.05, 0.1) is 6.33 Å². The van der Waals surface area contributed by atoms with Gasteiger partial charge >= 0.3 is 0 Å². The number of carbonyl (C=O) groups excluding carboxylic acids is 2. The molecule has 0 radical (unpaired) electrons. The van der Waals surface area contributed by atoms with Crippen molar-refractivity contribution in [1.29, 1.82) is 0 Å². The van der Waals surface area contributed by atoms with E-state index in [0.717, 1.165) is 25.6 Å². The van der Waals surface area contributed by atoms with Crippen LogP contribution in [0.4, 0.5) is 4.39 Å². The van der Waals surface area contributed by atoms with Crippen molar-refractivity contribution in [2.75, 3.05) is 0 Å². The fraction of sp³-hybridized carbons (Fsp3) is 0.818. The summed E-state index contributed by atoms with van der Waals surface area (Å²) in [5.74, 6) is 1.75. The molecule has 3 nitrogen and oxygen atoms in total. The zero-order valence-electron chi connectivity index (χ0n) is 16.2. The predicted molar refractivity (Wildman–Crippen MR) is 94.9 cm³/mol. The maximum atomic E-state index is 14.3. The van der Waals surface area contributed by atoms with E-state index in [1.165, 1.54) is 0 Å². The molecule has 5 aliphatic rings. The second kappa shape index (κ2) is 4.87. The SMILES string of the molecule is C[C@@H]1C(=CF)C23OC2C(=O)C[C@@H](C)[C@]3(C)[C@H]2CC[C@]3(C)C(=O)CC[C@H]3[C@H]12. The van der Waals surface area contributed by atoms with Crippen LogP contribution in [-0.2, 0) is 14.3 Å². The molecule has 1 saturated heterocycles. The van der Waals surface area contributed by atoms with Crippen molar-refractivity contribution in [2.45, 2.75) is 71.5 Å². The van der Waals surface area contributed by atoms with Crippen LogP contribution in [0.2, 0.25) is 0 Å². The monoisotopic (exact) mass is 360 g/mol. The van der Waals surface area contributed by atoms with Crippen molar-refractivity contribution in [3.63, 3.8) is 0 Å². The minimum atomic E-state index is -0.729. The number of epoxide rings is 1. The smallest absolute Gasteiger partial charge is 0.165 e. The fourth-order valence-corrected chi connectivity index (χ4v) is 8.10. The molecule has 1 aliphatic heterocycles. The summed E-state index contributed by atoms with van der Waals surface area (Å²) in [4.78, 5) is 25.2. The van der Waals surface area contributed by atoms with Gasteiger partial charge in [0.15, 0.2) is 11.9 Å². The molecule has 0 aromatic rings. The number of ether oxygens (including phenoxy) is 1. The highest BCUT2D eigenvalue weighted by Gasteiger charge is 2.81. The quantitative estimate of drug-likeness (QED) is 0.607. The highest BCUT2D eigenvalue weighted by molar-refractivity contribution is 5.90. The molecule has 0 N–H and O–H groups in total. The molecule has 0 amide bonds. The van der Waals surface area contributed by atoms with Gasteiger partial charge in [0.1, 0.15) is 11.4 Å². The molecule has 5 fully saturated rings. The molecule has 4 aliphatic carbocycles. The summed E-state index contributed by atoms with van der Waals surface area (Å²) in [5, 5.41) is 0. The van der Waals surface area contributed by atoms with Gasteiger partial charge in [0.2, 0.25) is 0 Å². The molecule has 2 unspecified atom stereocenters. The third-order valence-electron chi connectivity index (χ3n) is 9.67. The number of hydrogen-bond acceptors (Lipinski definition) is 3. The van der Waals surface area contributed by atoms with Crippen LogP contribution in [0.5, 0.6) is 0 Å². The van der Waals surface area contributed by atoms with Gasteiger partial charge in [0, 0.05) is 23.7 Å². The topological polar surface area (TPSA) is 46.7 Å². The Kier molecular flexibility index (Phi) is 3.20. The van der Waals surface area contributed by atoms with E-state index < -0.39 is 11.7 Å². The van der Waals surface area contributed by atoms with Crippen LogP contribution in [-0.4, -0.2) is 23.3 Å². The number of fused-ring (bicyclic) bond motifs is 4. The minimum Gasteiger partial charge on any atom is -0.352 e. The third-order valence-corrected chi connectivity index (χ3v) is 9.67. The average molecular weight is 360 g/mol. The number of halogens is 1. The van der Waals surface area contributed by atoms with Gasteiger partial charge in [-0.2, -0.15) is 0 Å². The molecule has 26 heavy (non-hydrogen) atoms. The van der Waals surface area contributed by atoms with Gasteiger partial charge in [-0.15, -0.1) is 0 Å². The number of ketones is 2. The average Bonchev–Trinajstić information content (AvgIpc) is 3.28. The zero-order valence-corrected chi connectivity index (χ0v) is 16.2. The van der Waals surface area contributed by atoms with Gasteiger partial charge < -0.3 is 4.74 Å². The van der Waals surface area contributed by atoms with Crippen LogP contribution in [0, 0.1) is 40.4 Å². The molecule has 0 aromatic carbocycles. The van der Waals surface area contributed by atoms with Crippen molar-refractivity contribution in [2.24, 2.45) is 40.4 Å². The standard InChI is InChI=1S/C22H29FO3/c1-11-9-16(24)19-22(26-19)15(10-23)12(2)18-13-5-6-17(25)20(13,3)8-7-14(18)21(11,22)4/h10-14,18-19H,5-9H2,1-4H3/t11-,12-,13+,14+,18+,19?,20+,21-,22?/m1/s1. The summed E-state index contributed by atoms with van der Waals surface area (Å²) >= 11 is 0. The molecule has 4 saturated carbocycles. The van der Waals surface area contributed by atoms with Crippen LogP contribution in [0.15, 0.2) is 11.9 Å². The predicted octanol–water partition coefficient (Wildman–Crippen LogP) is 4.25. The Labute approximate surface area is 154 Å². The van der Waals surface area contributed by atoms with E-state index >= 15 is 0 Å². The Morgan fingerprint density at radius 3 is 2.58 bits per heavy atom. The van der Waals surface area contributed by atoms with Crippen molar-refractivity contribution in [1.82, 2.24) is 0 Å². The van der Waals surface area contributed by atoms with Gasteiger partial charge in [-0.3, -0.25) is 9.59 Å². The fourth-order valence-electron chi connectivity index (χ4n) is 8.10. The van der Waals surface area contributed by atoms with E-state index in [9.17, 15) is 14.0 Å². The number of Topliss-reactive ketones (excluding diaryl/α,β-unsaturated/α-hetero) is 2. The van der Waals surface area contributed by atoms with Crippen LogP contribution < -0.4 is 0 Å². The number of rotatable bonds is 0. The van der Waals surface area contributed by atoms with E-state index in [0.29, 0.717) is 42.0 Å². The highest BCUT2D eigenvalue weighted by Crippen LogP contribution is 2.75. The van der Waals surface area contributed by atoms with Crippen molar-refractivity contribution < 1.29 is 18.7 Å². The first-order chi connectivity index (χ1) is 12.2. The van der Waals surface area contributed by atoms with E-state index in [2.05, 4.69) is 27.7 Å². The molecule has 4 heteroatoms. The molecular weight excluding hydrogens is 331 g/mol. The van der Waals surface area contributed by atoms with E-state index in [1.54, 1.807) is 0 Å². The summed E-state index contributed by atoms with van der Waals surface area (Å²) in [6.07, 6.45) is 4.33. The summed E-state index contributed by atoms with van der Waals surface area (Å²) < 4.78 is 20.4. The van der Waals surface area contributed by atoms with E-state index in [1.807, 2.05) is 0 Å². The van der Waals surface area contributed by atoms with Gasteiger partial charge in [0.25, 0.3) is 0 Å². The summed E-state index contributed by atoms with van der Waals surface area (Å²) in [7, 11) is 0. The van der Waals surface area contributed by atoms with Crippen molar-refractivity contribution >= 4 is 11.6 Å². The summed E-state index contributed by atoms with van der Waals surface area (Å²) in [6, 6.07) is 0. The Balaban J connectivity index is 1.67. The lowest BCUT2D eigenvalue weighted by Gasteiger charge is -2.62. The van der Waals surface area contributed by atoms with E-state index in [-0.39, 0.29) is 28.4 Å². The summed E-state index contributed by atoms with van der Waals surface area (Å²) in [6.45, 7) is 8.64. The number of carbonyl (C=O) groups is 2. The zero-order chi connectivity index (χ0) is 18.6. The maximum absolute atomic E-state index is 14.3. The molecule has 0 aromatic heterocycles. The van der Waals surface area contributed by atoms with Crippen molar-refractivity contribution in [3.05, 3.63) is 11.9 Å². The van der Waals surface area contributed by atoms with E-state index in [4.69, 9.17) is 4.74 Å². The second-order valence-electron chi connectivity index (χ2n) is 10.1. The maximum Gasteiger partial charge on any atom is 0.165 e. The Morgan fingerprint density at radius 1 is 1.15 bits per heavy atom. The molecule has 1 spiro atoms. The first-order valence-corrected chi connectivity index (χ1v) is 10.3. The number of hydrogen-bond donors (Lipinski definition) is 0. The lowest BCUT2D eigenvalue weighted by Crippen LogP contribution is -2.64. The van der Waals surface area contributed by atoms with Crippen LogP contribution >= 0.6 is 0 Å². The Bertz CT molecular complexity index is 744. The third kappa shape index (κ3) is 1.57. The minimum absolute atomic E-state index is 0.0247. The van der Waals surface area contributed by atoms with Crippen LogP contribution in [0.25, 0.3) is 0 Å². The van der Waals surface area contributed by atoms with Crippen LogP contribution in [0.3, 0.4) is 0 Å². The molecule has 1 heterocycles. The van der Waals surface area contributed by atoms with Gasteiger partial charge in [-0.1, -0.05) is 27.7 Å². The molecule has 5 rings (SSSR count). The Morgan fingerprint density at radius 2 is 1.88 bits per heavy atom. The molecule has 9 atom stereocenters. The van der Waals surface area contributed by atoms with Crippen LogP contribution in [0.1, 0.15) is 59.8 Å². The second-order valence-corrected chi connectivity index (χ2v) is 10.1.